The highest BCUT2D eigenvalue weighted by atomic mass is 32.1. The summed E-state index contributed by atoms with van der Waals surface area (Å²) in [5, 5.41) is 8.97. The molecule has 1 aromatic carbocycles. The van der Waals surface area contributed by atoms with E-state index < -0.39 is 0 Å². The molecule has 0 saturated carbocycles. The van der Waals surface area contributed by atoms with Gasteiger partial charge in [-0.1, -0.05) is 18.2 Å². The lowest BCUT2D eigenvalue weighted by molar-refractivity contribution is 0.153. The number of hydrogen-bond donors (Lipinski definition) is 0. The van der Waals surface area contributed by atoms with Crippen LogP contribution in [0.25, 0.3) is 5.69 Å². The van der Waals surface area contributed by atoms with Crippen LogP contribution in [0.1, 0.15) is 30.8 Å². The van der Waals surface area contributed by atoms with E-state index in [2.05, 4.69) is 42.9 Å². The molecule has 3 rings (SSSR count). The van der Waals surface area contributed by atoms with Crippen LogP contribution in [0.5, 0.6) is 0 Å². The van der Waals surface area contributed by atoms with Gasteiger partial charge in [-0.2, -0.15) is 10.2 Å². The first kappa shape index (κ1) is 18.5. The lowest BCUT2D eigenvalue weighted by Gasteiger charge is -2.25. The van der Waals surface area contributed by atoms with E-state index in [-0.39, 0.29) is 0 Å². The highest BCUT2D eigenvalue weighted by Gasteiger charge is 2.16. The van der Waals surface area contributed by atoms with Crippen LogP contribution >= 0.6 is 12.2 Å². The van der Waals surface area contributed by atoms with Gasteiger partial charge in [0.1, 0.15) is 5.82 Å². The van der Waals surface area contributed by atoms with Crippen LogP contribution in [-0.2, 0) is 20.3 Å². The summed E-state index contributed by atoms with van der Waals surface area (Å²) in [6.07, 6.45) is 3.96. The fourth-order valence-corrected chi connectivity index (χ4v) is 3.38. The first-order valence-electron chi connectivity index (χ1n) is 8.81. The Morgan fingerprint density at radius 3 is 2.54 bits per heavy atom. The van der Waals surface area contributed by atoms with E-state index in [1.165, 1.54) is 11.1 Å². The maximum absolute atomic E-state index is 5.75. The molecule has 0 aliphatic rings. The Hall–Kier alpha value is -2.25. The SMILES string of the molecule is Cc1ccccc1-n1c(C)nn(CN(Cc2cnn(C)c2)C(C)C)c1=S. The van der Waals surface area contributed by atoms with E-state index in [0.29, 0.717) is 17.5 Å². The molecule has 2 aromatic heterocycles. The molecule has 0 N–H and O–H groups in total. The second-order valence-corrected chi connectivity index (χ2v) is 7.32. The summed E-state index contributed by atoms with van der Waals surface area (Å²) in [5.41, 5.74) is 3.45. The second-order valence-electron chi connectivity index (χ2n) is 6.96. The summed E-state index contributed by atoms with van der Waals surface area (Å²) in [5.74, 6) is 0.898. The average molecular weight is 371 g/mol. The minimum absolute atomic E-state index is 0.362. The lowest BCUT2D eigenvalue weighted by Crippen LogP contribution is -2.32. The molecule has 0 aliphatic carbocycles. The largest absolute Gasteiger partial charge is 0.277 e. The van der Waals surface area contributed by atoms with Crippen LogP contribution in [0.15, 0.2) is 36.7 Å². The molecule has 6 nitrogen and oxygen atoms in total. The zero-order valence-electron chi connectivity index (χ0n) is 16.0. The zero-order valence-corrected chi connectivity index (χ0v) is 16.9. The summed E-state index contributed by atoms with van der Waals surface area (Å²) < 4.78 is 6.51. The molecule has 7 heteroatoms. The van der Waals surface area contributed by atoms with Crippen LogP contribution in [0.4, 0.5) is 0 Å². The minimum Gasteiger partial charge on any atom is -0.277 e. The van der Waals surface area contributed by atoms with E-state index in [4.69, 9.17) is 17.3 Å². The quantitative estimate of drug-likeness (QED) is 0.622. The van der Waals surface area contributed by atoms with Gasteiger partial charge >= 0.3 is 0 Å². The van der Waals surface area contributed by atoms with Crippen molar-refractivity contribution in [2.45, 2.75) is 47.0 Å². The van der Waals surface area contributed by atoms with Crippen molar-refractivity contribution < 1.29 is 0 Å². The van der Waals surface area contributed by atoms with Gasteiger partial charge in [0.05, 0.1) is 18.6 Å². The predicted molar refractivity (Wildman–Crippen MR) is 106 cm³/mol. The van der Waals surface area contributed by atoms with E-state index in [1.807, 2.05) is 52.4 Å². The van der Waals surface area contributed by atoms with E-state index in [0.717, 1.165) is 18.1 Å². The minimum atomic E-state index is 0.362. The predicted octanol–water partition coefficient (Wildman–Crippen LogP) is 3.62. The number of para-hydroxylation sites is 1. The third-order valence-corrected chi connectivity index (χ3v) is 4.94. The van der Waals surface area contributed by atoms with Gasteiger partial charge in [0, 0.05) is 31.4 Å². The summed E-state index contributed by atoms with van der Waals surface area (Å²) in [6.45, 7) is 9.92. The number of aromatic nitrogens is 5. The Bertz CT molecular complexity index is 949. The van der Waals surface area contributed by atoms with Crippen LogP contribution in [0, 0.1) is 18.6 Å². The topological polar surface area (TPSA) is 43.8 Å². The van der Waals surface area contributed by atoms with Crippen molar-refractivity contribution in [1.29, 1.82) is 0 Å². The van der Waals surface area contributed by atoms with Crippen LogP contribution < -0.4 is 0 Å². The second kappa shape index (κ2) is 7.55. The highest BCUT2D eigenvalue weighted by Crippen LogP contribution is 2.17. The standard InChI is InChI=1S/C19H26N6S/c1-14(2)23(12-17-10-20-22(5)11-17)13-24-19(26)25(16(4)21-24)18-9-7-6-8-15(18)3/h6-11,14H,12-13H2,1-5H3. The molecule has 0 bridgehead atoms. The van der Waals surface area contributed by atoms with Gasteiger partial charge in [0.25, 0.3) is 0 Å². The van der Waals surface area contributed by atoms with E-state index >= 15 is 0 Å². The maximum Gasteiger partial charge on any atom is 0.203 e. The van der Waals surface area contributed by atoms with E-state index in [9.17, 15) is 0 Å². The van der Waals surface area contributed by atoms with Crippen LogP contribution in [0.2, 0.25) is 0 Å². The summed E-state index contributed by atoms with van der Waals surface area (Å²) in [6, 6.07) is 8.61. The van der Waals surface area contributed by atoms with Gasteiger partial charge in [-0.25, -0.2) is 4.68 Å². The molecule has 2 heterocycles. The molecule has 0 saturated heterocycles. The molecule has 0 unspecified atom stereocenters. The lowest BCUT2D eigenvalue weighted by atomic mass is 10.2. The molecular formula is C19H26N6S. The van der Waals surface area contributed by atoms with E-state index in [1.54, 1.807) is 0 Å². The van der Waals surface area contributed by atoms with Crippen molar-refractivity contribution in [1.82, 2.24) is 29.0 Å². The maximum atomic E-state index is 5.75. The smallest absolute Gasteiger partial charge is 0.203 e. The molecule has 0 radical (unpaired) electrons. The Balaban J connectivity index is 1.90. The van der Waals surface area contributed by atoms with Gasteiger partial charge in [0.15, 0.2) is 0 Å². The third kappa shape index (κ3) is 3.78. The molecule has 3 aromatic rings. The molecule has 0 amide bonds. The van der Waals surface area contributed by atoms with Crippen molar-refractivity contribution in [3.63, 3.8) is 0 Å². The summed E-state index contributed by atoms with van der Waals surface area (Å²) in [4.78, 5) is 2.33. The van der Waals surface area contributed by atoms with Crippen molar-refractivity contribution in [2.75, 3.05) is 0 Å². The van der Waals surface area contributed by atoms with Crippen molar-refractivity contribution in [2.24, 2.45) is 7.05 Å². The summed E-state index contributed by atoms with van der Waals surface area (Å²) >= 11 is 5.75. The average Bonchev–Trinajstić information content (AvgIpc) is 3.11. The van der Waals surface area contributed by atoms with Gasteiger partial charge in [-0.05, 0) is 51.5 Å². The molecule has 138 valence electrons. The van der Waals surface area contributed by atoms with Crippen LogP contribution in [0.3, 0.4) is 0 Å². The van der Waals surface area contributed by atoms with Crippen molar-refractivity contribution >= 4 is 12.2 Å². The normalized spacial score (nSPS) is 11.7. The Kier molecular flexibility index (Phi) is 5.38. The first-order chi connectivity index (χ1) is 12.4. The van der Waals surface area contributed by atoms with Crippen molar-refractivity contribution in [3.8, 4) is 5.69 Å². The molecule has 0 atom stereocenters. The van der Waals surface area contributed by atoms with Crippen molar-refractivity contribution in [3.05, 3.63) is 58.4 Å². The molecule has 0 fully saturated rings. The molecular weight excluding hydrogens is 344 g/mol. The van der Waals surface area contributed by atoms with Crippen LogP contribution in [-0.4, -0.2) is 35.1 Å². The number of rotatable bonds is 6. The van der Waals surface area contributed by atoms with Gasteiger partial charge in [-0.15, -0.1) is 0 Å². The molecule has 0 aliphatic heterocycles. The fraction of sp³-hybridized carbons (Fsp3) is 0.421. The zero-order chi connectivity index (χ0) is 18.8. The van der Waals surface area contributed by atoms with Gasteiger partial charge in [0.2, 0.25) is 4.77 Å². The molecule has 26 heavy (non-hydrogen) atoms. The van der Waals surface area contributed by atoms with Gasteiger partial charge in [-0.3, -0.25) is 14.1 Å². The Labute approximate surface area is 159 Å². The van der Waals surface area contributed by atoms with Gasteiger partial charge < -0.3 is 0 Å². The monoisotopic (exact) mass is 370 g/mol. The Morgan fingerprint density at radius 1 is 1.19 bits per heavy atom. The third-order valence-electron chi connectivity index (χ3n) is 4.55. The number of aryl methyl sites for hydroxylation is 3. The summed E-state index contributed by atoms with van der Waals surface area (Å²) in [7, 11) is 1.94. The fourth-order valence-electron chi connectivity index (χ4n) is 3.06. The number of hydrogen-bond acceptors (Lipinski definition) is 4. The number of nitrogens with zero attached hydrogens (tertiary/aromatic N) is 6. The highest BCUT2D eigenvalue weighted by molar-refractivity contribution is 7.71. The molecule has 0 spiro atoms. The Morgan fingerprint density at radius 2 is 1.92 bits per heavy atom. The first-order valence-corrected chi connectivity index (χ1v) is 9.21. The number of benzene rings is 1.